The molecule has 1 N–H and O–H groups in total. The quantitative estimate of drug-likeness (QED) is 0.485. The van der Waals surface area contributed by atoms with Gasteiger partial charge in [-0.3, -0.25) is 4.79 Å². The molecule has 6 nitrogen and oxygen atoms in total. The van der Waals surface area contributed by atoms with Crippen LogP contribution in [0.25, 0.3) is 0 Å². The van der Waals surface area contributed by atoms with Crippen LogP contribution in [0.15, 0.2) is 23.4 Å². The molecule has 0 spiro atoms. The van der Waals surface area contributed by atoms with Gasteiger partial charge in [-0.25, -0.2) is 0 Å². The maximum absolute atomic E-state index is 14.3. The third-order valence-electron chi connectivity index (χ3n) is 6.87. The monoisotopic (exact) mass is 561 g/mol. The van der Waals surface area contributed by atoms with Crippen molar-refractivity contribution in [3.8, 4) is 0 Å². The topological polar surface area (TPSA) is 63.2 Å². The summed E-state index contributed by atoms with van der Waals surface area (Å²) in [5.41, 5.74) is -1.09. The van der Waals surface area contributed by atoms with E-state index < -0.39 is 18.2 Å². The number of carbonyl (C=O) groups excluding carboxylic acids is 1. The summed E-state index contributed by atoms with van der Waals surface area (Å²) in [5, 5.41) is 6.98. The van der Waals surface area contributed by atoms with E-state index in [0.717, 1.165) is 41.9 Å². The van der Waals surface area contributed by atoms with Crippen LogP contribution in [0, 0.1) is 6.92 Å². The Labute approximate surface area is 220 Å². The second-order valence-corrected chi connectivity index (χ2v) is 11.2. The number of nitrogens with one attached hydrogen (secondary N) is 1. The van der Waals surface area contributed by atoms with Crippen molar-refractivity contribution < 1.29 is 27.5 Å². The predicted molar refractivity (Wildman–Crippen MR) is 132 cm³/mol. The van der Waals surface area contributed by atoms with E-state index in [0.29, 0.717) is 24.5 Å². The van der Waals surface area contributed by atoms with E-state index in [9.17, 15) is 18.0 Å². The van der Waals surface area contributed by atoms with Gasteiger partial charge in [0.15, 0.2) is 0 Å². The number of amides is 1. The third kappa shape index (κ3) is 4.68. The Morgan fingerprint density at radius 3 is 2.64 bits per heavy atom. The summed E-state index contributed by atoms with van der Waals surface area (Å²) in [7, 11) is 0. The van der Waals surface area contributed by atoms with E-state index in [1.54, 1.807) is 4.90 Å². The third-order valence-corrected chi connectivity index (χ3v) is 8.63. The molecule has 2 aromatic rings. The van der Waals surface area contributed by atoms with Gasteiger partial charge in [-0.05, 0) is 55.5 Å². The molecule has 0 saturated carbocycles. The number of ether oxygens (including phenoxy) is 1. The van der Waals surface area contributed by atoms with Gasteiger partial charge >= 0.3 is 6.18 Å². The summed E-state index contributed by atoms with van der Waals surface area (Å²) in [6, 6.07) is 3.77. The summed E-state index contributed by atoms with van der Waals surface area (Å²) < 4.78 is 48.5. The van der Waals surface area contributed by atoms with Gasteiger partial charge in [0.05, 0.1) is 23.9 Å². The van der Waals surface area contributed by atoms with Gasteiger partial charge in [0, 0.05) is 40.2 Å². The minimum absolute atomic E-state index is 0.0361. The van der Waals surface area contributed by atoms with E-state index in [4.69, 9.17) is 32.8 Å². The van der Waals surface area contributed by atoms with Crippen molar-refractivity contribution >= 4 is 46.3 Å². The lowest BCUT2D eigenvalue weighted by Gasteiger charge is -2.30. The van der Waals surface area contributed by atoms with Gasteiger partial charge in [0.1, 0.15) is 5.84 Å². The lowest BCUT2D eigenvalue weighted by molar-refractivity contribution is -0.275. The number of halogens is 5. The summed E-state index contributed by atoms with van der Waals surface area (Å²) >= 11 is 13.3. The number of thiophene rings is 1. The second-order valence-electron chi connectivity index (χ2n) is 9.27. The number of amidine groups is 1. The summed E-state index contributed by atoms with van der Waals surface area (Å²) in [5.74, 6) is 0.0368. The maximum Gasteiger partial charge on any atom is 0.435 e. The van der Waals surface area contributed by atoms with Crippen LogP contribution in [0.3, 0.4) is 0 Å². The first-order valence-corrected chi connectivity index (χ1v) is 13.2. The van der Waals surface area contributed by atoms with Gasteiger partial charge in [-0.1, -0.05) is 28.4 Å². The number of oxime groups is 1. The van der Waals surface area contributed by atoms with Crippen LogP contribution in [0.5, 0.6) is 0 Å². The van der Waals surface area contributed by atoms with Crippen molar-refractivity contribution in [3.63, 3.8) is 0 Å². The highest BCUT2D eigenvalue weighted by atomic mass is 35.5. The first kappa shape index (κ1) is 25.6. The van der Waals surface area contributed by atoms with E-state index in [-0.39, 0.29) is 33.5 Å². The Bertz CT molecular complexity index is 1190. The molecule has 0 radical (unpaired) electrons. The Kier molecular flexibility index (Phi) is 6.91. The molecular weight excluding hydrogens is 538 g/mol. The Hall–Kier alpha value is -2.01. The molecule has 1 amide bonds. The number of benzene rings is 1. The Morgan fingerprint density at radius 2 is 2.00 bits per heavy atom. The van der Waals surface area contributed by atoms with Crippen LogP contribution in [0.1, 0.15) is 56.9 Å². The molecule has 0 bridgehead atoms. The zero-order valence-corrected chi connectivity index (χ0v) is 21.7. The van der Waals surface area contributed by atoms with Crippen LogP contribution < -0.4 is 5.32 Å². The first-order chi connectivity index (χ1) is 17.1. The number of nitrogens with zero attached hydrogens (tertiary/aromatic N) is 2. The maximum atomic E-state index is 14.3. The van der Waals surface area contributed by atoms with Crippen molar-refractivity contribution in [2.24, 2.45) is 5.16 Å². The number of alkyl halides is 3. The summed E-state index contributed by atoms with van der Waals surface area (Å²) in [6.07, 6.45) is -2.15. The fraction of sp³-hybridized carbons (Fsp3) is 0.500. The molecule has 36 heavy (non-hydrogen) atoms. The average Bonchev–Trinajstić information content (AvgIpc) is 3.52. The molecule has 1 aromatic heterocycles. The van der Waals surface area contributed by atoms with E-state index in [1.807, 2.05) is 6.92 Å². The molecule has 5 rings (SSSR count). The lowest BCUT2D eigenvalue weighted by atomic mass is 9.89. The molecule has 1 saturated heterocycles. The van der Waals surface area contributed by atoms with Crippen LogP contribution in [0.4, 0.5) is 13.2 Å². The molecular formula is C24H24Cl2F3N3O3S. The van der Waals surface area contributed by atoms with Crippen LogP contribution in [-0.4, -0.2) is 42.1 Å². The number of hydrogen-bond acceptors (Lipinski definition) is 6. The van der Waals surface area contributed by atoms with Crippen LogP contribution in [-0.2, 0) is 28.3 Å². The minimum Gasteiger partial charge on any atom is -0.376 e. The van der Waals surface area contributed by atoms with Crippen molar-refractivity contribution in [2.75, 3.05) is 13.2 Å². The van der Waals surface area contributed by atoms with Crippen molar-refractivity contribution in [2.45, 2.75) is 63.6 Å². The molecule has 194 valence electrons. The summed E-state index contributed by atoms with van der Waals surface area (Å²) in [4.78, 5) is 21.2. The second kappa shape index (κ2) is 9.70. The molecule has 1 aromatic carbocycles. The largest absolute Gasteiger partial charge is 0.435 e. The SMILES string of the molecule is Cc1c(C(=O)NCC2CCCCO2)sc2c1CN(C1=NOC(c3cc(Cl)cc(Cl)c3)(C(F)(F)F)C1)C2. The van der Waals surface area contributed by atoms with Gasteiger partial charge in [0.2, 0.25) is 0 Å². The van der Waals surface area contributed by atoms with Gasteiger partial charge in [-0.2, -0.15) is 13.2 Å². The molecule has 0 aliphatic carbocycles. The van der Waals surface area contributed by atoms with Gasteiger partial charge in [0.25, 0.3) is 11.5 Å². The van der Waals surface area contributed by atoms with Gasteiger partial charge < -0.3 is 19.8 Å². The fourth-order valence-electron chi connectivity index (χ4n) is 4.86. The van der Waals surface area contributed by atoms with Crippen LogP contribution in [0.2, 0.25) is 10.0 Å². The standard InChI is InChI=1S/C24H24Cl2F3N3O3S/c1-13-18-11-32(12-19(18)36-21(13)22(33)30-10-17-4-2-3-5-34-17)20-9-23(35-31-20,24(27,28)29)14-6-15(25)8-16(26)7-14/h6-8,17H,2-5,9-12H2,1H3,(H,30,33). The van der Waals surface area contributed by atoms with Crippen molar-refractivity contribution in [1.29, 1.82) is 0 Å². The highest BCUT2D eigenvalue weighted by molar-refractivity contribution is 7.14. The predicted octanol–water partition coefficient (Wildman–Crippen LogP) is 6.17. The number of rotatable bonds is 4. The molecule has 2 unspecified atom stereocenters. The van der Waals surface area contributed by atoms with Crippen LogP contribution >= 0.6 is 34.5 Å². The highest BCUT2D eigenvalue weighted by Gasteiger charge is 2.63. The first-order valence-electron chi connectivity index (χ1n) is 11.6. The molecule has 3 aliphatic rings. The normalized spacial score (nSPS) is 23.9. The Balaban J connectivity index is 1.29. The van der Waals surface area contributed by atoms with E-state index >= 15 is 0 Å². The number of carbonyl (C=O) groups is 1. The molecule has 3 aliphatic heterocycles. The molecule has 12 heteroatoms. The lowest BCUT2D eigenvalue weighted by Crippen LogP contribution is -2.43. The number of hydrogen-bond donors (Lipinski definition) is 1. The minimum atomic E-state index is -4.75. The smallest absolute Gasteiger partial charge is 0.376 e. The Morgan fingerprint density at radius 1 is 1.25 bits per heavy atom. The zero-order chi connectivity index (χ0) is 25.7. The van der Waals surface area contributed by atoms with Crippen molar-refractivity contribution in [3.05, 3.63) is 54.7 Å². The fourth-order valence-corrected chi connectivity index (χ4v) is 6.64. The van der Waals surface area contributed by atoms with Gasteiger partial charge in [-0.15, -0.1) is 11.3 Å². The molecule has 4 heterocycles. The molecule has 2 atom stereocenters. The highest BCUT2D eigenvalue weighted by Crippen LogP contribution is 2.50. The zero-order valence-electron chi connectivity index (χ0n) is 19.4. The average molecular weight is 562 g/mol. The van der Waals surface area contributed by atoms with Crippen molar-refractivity contribution in [1.82, 2.24) is 10.2 Å². The summed E-state index contributed by atoms with van der Waals surface area (Å²) in [6.45, 7) is 3.76. The van der Waals surface area contributed by atoms with E-state index in [2.05, 4.69) is 10.5 Å². The van der Waals surface area contributed by atoms with E-state index in [1.165, 1.54) is 29.5 Å². The molecule has 1 fully saturated rings. The number of fused-ring (bicyclic) bond motifs is 1.